The number of aliphatic carboxylic acids is 1. The van der Waals surface area contributed by atoms with Crippen molar-refractivity contribution in [3.05, 3.63) is 29.8 Å². The minimum Gasteiger partial charge on any atom is -0.481 e. The average Bonchev–Trinajstić information content (AvgIpc) is 2.31. The van der Waals surface area contributed by atoms with Crippen LogP contribution >= 0.6 is 0 Å². The van der Waals surface area contributed by atoms with Crippen LogP contribution in [-0.4, -0.2) is 23.7 Å². The van der Waals surface area contributed by atoms with Gasteiger partial charge in [-0.1, -0.05) is 31.5 Å². The van der Waals surface area contributed by atoms with Crippen LogP contribution in [0.4, 0.5) is 5.69 Å². The lowest BCUT2D eigenvalue weighted by Crippen LogP contribution is -2.35. The highest BCUT2D eigenvalue weighted by molar-refractivity contribution is 5.68. The summed E-state index contributed by atoms with van der Waals surface area (Å²) >= 11 is 0. The van der Waals surface area contributed by atoms with Crippen molar-refractivity contribution in [1.29, 1.82) is 0 Å². The number of aryl methyl sites for hydroxylation is 1. The molecular weight excluding hydrogens is 226 g/mol. The summed E-state index contributed by atoms with van der Waals surface area (Å²) in [6, 6.07) is 8.54. The SMILES string of the molecule is CCCC(C)N(CCC(=O)O)c1ccccc1C. The molecule has 18 heavy (non-hydrogen) atoms. The molecule has 3 heteroatoms. The zero-order valence-electron chi connectivity index (χ0n) is 11.5. The van der Waals surface area contributed by atoms with Gasteiger partial charge in [0, 0.05) is 18.3 Å². The number of benzene rings is 1. The number of nitrogens with zero attached hydrogens (tertiary/aromatic N) is 1. The lowest BCUT2D eigenvalue weighted by molar-refractivity contribution is -0.136. The van der Waals surface area contributed by atoms with Crippen LogP contribution in [0.3, 0.4) is 0 Å². The third-order valence-electron chi connectivity index (χ3n) is 3.23. The molecule has 0 aliphatic carbocycles. The lowest BCUT2D eigenvalue weighted by Gasteiger charge is -2.32. The highest BCUT2D eigenvalue weighted by Crippen LogP contribution is 2.23. The maximum absolute atomic E-state index is 10.8. The molecule has 0 aliphatic rings. The van der Waals surface area contributed by atoms with Gasteiger partial charge in [0.15, 0.2) is 0 Å². The van der Waals surface area contributed by atoms with Crippen molar-refractivity contribution in [2.45, 2.75) is 46.1 Å². The fourth-order valence-electron chi connectivity index (χ4n) is 2.25. The van der Waals surface area contributed by atoms with Gasteiger partial charge in [0.05, 0.1) is 6.42 Å². The molecule has 0 heterocycles. The molecule has 1 atom stereocenters. The molecule has 1 aromatic rings. The molecular formula is C15H23NO2. The van der Waals surface area contributed by atoms with Gasteiger partial charge in [0.1, 0.15) is 0 Å². The average molecular weight is 249 g/mol. The van der Waals surface area contributed by atoms with Gasteiger partial charge in [-0.3, -0.25) is 4.79 Å². The van der Waals surface area contributed by atoms with Gasteiger partial charge in [-0.2, -0.15) is 0 Å². The second kappa shape index (κ2) is 7.04. The van der Waals surface area contributed by atoms with E-state index >= 15 is 0 Å². The predicted molar refractivity (Wildman–Crippen MR) is 75.1 cm³/mol. The number of anilines is 1. The standard InChI is InChI=1S/C15H23NO2/c1-4-7-13(3)16(11-10-15(17)18)14-9-6-5-8-12(14)2/h5-6,8-9,13H,4,7,10-11H2,1-3H3,(H,17,18). The van der Waals surface area contributed by atoms with Crippen LogP contribution in [0.25, 0.3) is 0 Å². The zero-order chi connectivity index (χ0) is 13.5. The maximum atomic E-state index is 10.8. The first-order chi connectivity index (χ1) is 8.56. The van der Waals surface area contributed by atoms with Crippen molar-refractivity contribution < 1.29 is 9.90 Å². The molecule has 0 fully saturated rings. The lowest BCUT2D eigenvalue weighted by atomic mass is 10.1. The predicted octanol–water partition coefficient (Wildman–Crippen LogP) is 3.46. The smallest absolute Gasteiger partial charge is 0.305 e. The van der Waals surface area contributed by atoms with E-state index in [-0.39, 0.29) is 6.42 Å². The molecule has 0 aromatic heterocycles. The summed E-state index contributed by atoms with van der Waals surface area (Å²) < 4.78 is 0. The molecule has 1 aromatic carbocycles. The molecule has 0 spiro atoms. The Bertz CT molecular complexity index is 390. The van der Waals surface area contributed by atoms with Crippen LogP contribution in [0.1, 0.15) is 38.7 Å². The zero-order valence-corrected chi connectivity index (χ0v) is 11.5. The van der Waals surface area contributed by atoms with Gasteiger partial charge in [0.2, 0.25) is 0 Å². The fourth-order valence-corrected chi connectivity index (χ4v) is 2.25. The van der Waals surface area contributed by atoms with E-state index in [1.807, 2.05) is 12.1 Å². The Balaban J connectivity index is 2.89. The summed E-state index contributed by atoms with van der Waals surface area (Å²) in [7, 11) is 0. The number of para-hydroxylation sites is 1. The van der Waals surface area contributed by atoms with Crippen molar-refractivity contribution in [1.82, 2.24) is 0 Å². The Labute approximate surface area is 109 Å². The molecule has 0 saturated carbocycles. The van der Waals surface area contributed by atoms with Crippen LogP contribution in [0.5, 0.6) is 0 Å². The van der Waals surface area contributed by atoms with E-state index in [2.05, 4.69) is 37.8 Å². The number of hydrogen-bond donors (Lipinski definition) is 1. The van der Waals surface area contributed by atoms with E-state index in [0.29, 0.717) is 12.6 Å². The Morgan fingerprint density at radius 3 is 2.61 bits per heavy atom. The first-order valence-corrected chi connectivity index (χ1v) is 6.60. The Morgan fingerprint density at radius 2 is 2.06 bits per heavy atom. The van der Waals surface area contributed by atoms with E-state index in [9.17, 15) is 4.79 Å². The Morgan fingerprint density at radius 1 is 1.39 bits per heavy atom. The van der Waals surface area contributed by atoms with Crippen molar-refractivity contribution >= 4 is 11.7 Å². The highest BCUT2D eigenvalue weighted by Gasteiger charge is 2.16. The number of carboxylic acids is 1. The summed E-state index contributed by atoms with van der Waals surface area (Å²) in [6.45, 7) is 6.96. The number of hydrogen-bond acceptors (Lipinski definition) is 2. The van der Waals surface area contributed by atoms with Crippen LogP contribution in [0.2, 0.25) is 0 Å². The molecule has 0 saturated heterocycles. The molecule has 0 aliphatic heterocycles. The minimum absolute atomic E-state index is 0.183. The quantitative estimate of drug-likeness (QED) is 0.804. The van der Waals surface area contributed by atoms with E-state index in [0.717, 1.165) is 18.5 Å². The van der Waals surface area contributed by atoms with E-state index in [4.69, 9.17) is 5.11 Å². The minimum atomic E-state index is -0.739. The van der Waals surface area contributed by atoms with Crippen molar-refractivity contribution in [2.24, 2.45) is 0 Å². The molecule has 3 nitrogen and oxygen atoms in total. The molecule has 100 valence electrons. The second-order valence-electron chi connectivity index (χ2n) is 4.76. The second-order valence-corrected chi connectivity index (χ2v) is 4.76. The van der Waals surface area contributed by atoms with Crippen molar-refractivity contribution in [2.75, 3.05) is 11.4 Å². The van der Waals surface area contributed by atoms with Crippen LogP contribution in [0, 0.1) is 6.92 Å². The van der Waals surface area contributed by atoms with Crippen LogP contribution in [0.15, 0.2) is 24.3 Å². The van der Waals surface area contributed by atoms with E-state index in [1.54, 1.807) is 0 Å². The summed E-state index contributed by atoms with van der Waals surface area (Å²) in [6.07, 6.45) is 2.37. The Kier molecular flexibility index (Phi) is 5.69. The van der Waals surface area contributed by atoms with Gasteiger partial charge in [0.25, 0.3) is 0 Å². The first-order valence-electron chi connectivity index (χ1n) is 6.60. The normalized spacial score (nSPS) is 12.2. The fraction of sp³-hybridized carbons (Fsp3) is 0.533. The molecule has 0 radical (unpaired) electrons. The molecule has 1 rings (SSSR count). The van der Waals surface area contributed by atoms with Gasteiger partial charge in [-0.15, -0.1) is 0 Å². The largest absolute Gasteiger partial charge is 0.481 e. The number of carboxylic acid groups (broad SMARTS) is 1. The topological polar surface area (TPSA) is 40.5 Å². The first kappa shape index (κ1) is 14.6. The summed E-state index contributed by atoms with van der Waals surface area (Å²) in [5.41, 5.74) is 2.35. The summed E-state index contributed by atoms with van der Waals surface area (Å²) in [5, 5.41) is 8.86. The summed E-state index contributed by atoms with van der Waals surface area (Å²) in [5.74, 6) is -0.739. The maximum Gasteiger partial charge on any atom is 0.305 e. The summed E-state index contributed by atoms with van der Waals surface area (Å²) in [4.78, 5) is 13.0. The number of carbonyl (C=O) groups is 1. The van der Waals surface area contributed by atoms with Crippen molar-refractivity contribution in [3.63, 3.8) is 0 Å². The van der Waals surface area contributed by atoms with Crippen LogP contribution < -0.4 is 4.90 Å². The molecule has 0 bridgehead atoms. The molecule has 0 amide bonds. The monoisotopic (exact) mass is 249 g/mol. The van der Waals surface area contributed by atoms with Gasteiger partial charge < -0.3 is 10.0 Å². The van der Waals surface area contributed by atoms with Crippen LogP contribution in [-0.2, 0) is 4.79 Å². The van der Waals surface area contributed by atoms with Crippen molar-refractivity contribution in [3.8, 4) is 0 Å². The molecule has 1 N–H and O–H groups in total. The molecule has 1 unspecified atom stereocenters. The Hall–Kier alpha value is -1.51. The van der Waals surface area contributed by atoms with Gasteiger partial charge in [-0.05, 0) is 31.9 Å². The third-order valence-corrected chi connectivity index (χ3v) is 3.23. The van der Waals surface area contributed by atoms with Gasteiger partial charge in [-0.25, -0.2) is 0 Å². The number of rotatable bonds is 7. The van der Waals surface area contributed by atoms with Gasteiger partial charge >= 0.3 is 5.97 Å². The van der Waals surface area contributed by atoms with E-state index < -0.39 is 5.97 Å². The van der Waals surface area contributed by atoms with E-state index in [1.165, 1.54) is 5.56 Å². The third kappa shape index (κ3) is 4.06. The highest BCUT2D eigenvalue weighted by atomic mass is 16.4.